The van der Waals surface area contributed by atoms with Crippen molar-refractivity contribution in [3.8, 4) is 5.75 Å². The number of carbonyl (C=O) groups excluding carboxylic acids is 3. The Bertz CT molecular complexity index is 1160. The third kappa shape index (κ3) is 4.59. The number of hydrogen-bond acceptors (Lipinski definition) is 9. The normalized spacial score (nSPS) is 18.8. The van der Waals surface area contributed by atoms with Crippen molar-refractivity contribution in [1.82, 2.24) is 15.4 Å². The summed E-state index contributed by atoms with van der Waals surface area (Å²) in [7, 11) is -3.60. The molecule has 0 spiro atoms. The van der Waals surface area contributed by atoms with Crippen LogP contribution in [-0.4, -0.2) is 48.5 Å². The molecule has 1 aromatic heterocycles. The van der Waals surface area contributed by atoms with Crippen molar-refractivity contribution in [2.24, 2.45) is 0 Å². The first-order valence-electron chi connectivity index (χ1n) is 9.39. The summed E-state index contributed by atoms with van der Waals surface area (Å²) < 4.78 is 37.7. The van der Waals surface area contributed by atoms with Gasteiger partial charge in [0.15, 0.2) is 5.76 Å². The second-order valence-electron chi connectivity index (χ2n) is 7.22. The van der Waals surface area contributed by atoms with E-state index in [0.717, 1.165) is 6.26 Å². The molecule has 1 aromatic carbocycles. The molecule has 31 heavy (non-hydrogen) atoms. The molecule has 1 N–H and O–H groups in total. The lowest BCUT2D eigenvalue weighted by Gasteiger charge is -2.29. The number of piperidine rings is 1. The smallest absolute Gasteiger partial charge is 0.264 e. The number of imide groups is 1. The van der Waals surface area contributed by atoms with E-state index >= 15 is 0 Å². The Morgan fingerprint density at radius 1 is 1.26 bits per heavy atom. The zero-order chi connectivity index (χ0) is 22.2. The maximum Gasteiger partial charge on any atom is 0.264 e. The molecule has 1 atom stereocenters. The van der Waals surface area contributed by atoms with Crippen LogP contribution in [0.15, 0.2) is 28.8 Å². The zero-order valence-electron chi connectivity index (χ0n) is 16.5. The van der Waals surface area contributed by atoms with Crippen LogP contribution in [0.25, 0.3) is 0 Å². The van der Waals surface area contributed by atoms with Gasteiger partial charge in [0, 0.05) is 23.6 Å². The summed E-state index contributed by atoms with van der Waals surface area (Å²) >= 11 is 0. The number of aromatic nitrogens is 1. The van der Waals surface area contributed by atoms with Crippen molar-refractivity contribution in [3.05, 3.63) is 46.8 Å². The molecule has 2 aromatic rings. The van der Waals surface area contributed by atoms with E-state index in [1.807, 2.05) is 0 Å². The first-order chi connectivity index (χ1) is 14.7. The number of carbonyl (C=O) groups is 3. The zero-order valence-corrected chi connectivity index (χ0v) is 17.3. The Morgan fingerprint density at radius 2 is 2.06 bits per heavy atom. The number of benzene rings is 1. The topological polar surface area (TPSA) is 145 Å². The summed E-state index contributed by atoms with van der Waals surface area (Å²) in [6.45, 7) is -0.0755. The number of fused-ring (bicyclic) bond motifs is 1. The minimum atomic E-state index is -3.60. The van der Waals surface area contributed by atoms with E-state index in [9.17, 15) is 22.8 Å². The van der Waals surface area contributed by atoms with Gasteiger partial charge < -0.3 is 14.2 Å². The minimum Gasteiger partial charge on any atom is -0.485 e. The molecule has 12 heteroatoms. The van der Waals surface area contributed by atoms with Crippen LogP contribution in [0.5, 0.6) is 5.75 Å². The average molecular weight is 449 g/mol. The van der Waals surface area contributed by atoms with Gasteiger partial charge in [0.25, 0.3) is 16.0 Å². The lowest BCUT2D eigenvalue weighted by molar-refractivity contribution is -0.136. The van der Waals surface area contributed by atoms with Crippen molar-refractivity contribution in [1.29, 1.82) is 0 Å². The highest BCUT2D eigenvalue weighted by atomic mass is 32.2. The molecule has 2 aliphatic rings. The highest BCUT2D eigenvalue weighted by molar-refractivity contribution is 7.85. The predicted molar refractivity (Wildman–Crippen MR) is 103 cm³/mol. The molecule has 1 fully saturated rings. The van der Waals surface area contributed by atoms with E-state index in [1.54, 1.807) is 18.2 Å². The molecule has 0 radical (unpaired) electrons. The third-order valence-corrected chi connectivity index (χ3v) is 5.48. The van der Waals surface area contributed by atoms with E-state index in [4.69, 9.17) is 9.26 Å². The molecule has 1 unspecified atom stereocenters. The molecule has 164 valence electrons. The Kier molecular flexibility index (Phi) is 5.50. The van der Waals surface area contributed by atoms with E-state index in [1.165, 1.54) is 11.0 Å². The molecule has 1 saturated heterocycles. The Labute approximate surface area is 177 Å². The van der Waals surface area contributed by atoms with Crippen molar-refractivity contribution < 1.29 is 36.2 Å². The van der Waals surface area contributed by atoms with Gasteiger partial charge in [-0.05, 0) is 18.6 Å². The van der Waals surface area contributed by atoms with Gasteiger partial charge >= 0.3 is 0 Å². The lowest BCUT2D eigenvalue weighted by atomic mass is 10.0. The number of ether oxygens (including phenoxy) is 1. The lowest BCUT2D eigenvalue weighted by Crippen LogP contribution is -2.52. The van der Waals surface area contributed by atoms with Gasteiger partial charge in [0.1, 0.15) is 30.7 Å². The molecule has 4 rings (SSSR count). The van der Waals surface area contributed by atoms with E-state index in [2.05, 4.69) is 14.7 Å². The molecule has 0 saturated carbocycles. The summed E-state index contributed by atoms with van der Waals surface area (Å²) in [5, 5.41) is 5.99. The molecule has 2 aliphatic heterocycles. The Hall–Kier alpha value is -3.25. The van der Waals surface area contributed by atoms with Crippen LogP contribution in [0.1, 0.15) is 40.2 Å². The minimum absolute atomic E-state index is 0.00502. The van der Waals surface area contributed by atoms with E-state index in [0.29, 0.717) is 28.3 Å². The van der Waals surface area contributed by atoms with Gasteiger partial charge in [-0.1, -0.05) is 11.2 Å². The largest absolute Gasteiger partial charge is 0.485 e. The standard InChI is InChI=1S/C19H19N3O8S/c1-31(26,27)29-9-11-7-12(30-21-11)10-28-16-4-2-3-13-14(16)8-22(19(13)25)15-5-6-17(23)20-18(15)24/h2-4,7,15H,5-6,8-10H2,1H3,(H,20,23,24). The maximum atomic E-state index is 12.8. The maximum absolute atomic E-state index is 12.8. The van der Waals surface area contributed by atoms with Gasteiger partial charge in [-0.2, -0.15) is 8.42 Å². The third-order valence-electron chi connectivity index (χ3n) is 4.94. The monoisotopic (exact) mass is 449 g/mol. The number of amides is 3. The number of nitrogens with one attached hydrogen (secondary N) is 1. The SMILES string of the molecule is CS(=O)(=O)OCc1cc(COc2cccc3c2CN(C2CCC(=O)NC2=O)C3=O)on1. The Balaban J connectivity index is 1.44. The van der Waals surface area contributed by atoms with Crippen LogP contribution in [0.2, 0.25) is 0 Å². The first-order valence-corrected chi connectivity index (χ1v) is 11.2. The highest BCUT2D eigenvalue weighted by Crippen LogP contribution is 2.33. The van der Waals surface area contributed by atoms with E-state index < -0.39 is 22.1 Å². The summed E-state index contributed by atoms with van der Waals surface area (Å²) in [5.41, 5.74) is 1.36. The molecule has 0 bridgehead atoms. The van der Waals surface area contributed by atoms with Crippen LogP contribution in [0.3, 0.4) is 0 Å². The van der Waals surface area contributed by atoms with Gasteiger partial charge in [-0.3, -0.25) is 23.9 Å². The fourth-order valence-corrected chi connectivity index (χ4v) is 3.84. The van der Waals surface area contributed by atoms with Crippen molar-refractivity contribution in [2.75, 3.05) is 6.26 Å². The van der Waals surface area contributed by atoms with Crippen LogP contribution in [-0.2, 0) is 43.6 Å². The summed E-state index contributed by atoms with van der Waals surface area (Å²) in [6, 6.07) is 5.83. The summed E-state index contributed by atoms with van der Waals surface area (Å²) in [5.74, 6) is -0.329. The van der Waals surface area contributed by atoms with Crippen LogP contribution in [0, 0.1) is 0 Å². The van der Waals surface area contributed by atoms with E-state index in [-0.39, 0.29) is 44.4 Å². The fraction of sp³-hybridized carbons (Fsp3) is 0.368. The summed E-state index contributed by atoms with van der Waals surface area (Å²) in [4.78, 5) is 37.8. The predicted octanol–water partition coefficient (Wildman–Crippen LogP) is 0.491. The number of nitrogens with zero attached hydrogens (tertiary/aromatic N) is 2. The summed E-state index contributed by atoms with van der Waals surface area (Å²) in [6.07, 6.45) is 1.39. The van der Waals surface area contributed by atoms with Crippen LogP contribution >= 0.6 is 0 Å². The van der Waals surface area contributed by atoms with Crippen molar-refractivity contribution in [3.63, 3.8) is 0 Å². The Morgan fingerprint density at radius 3 is 2.81 bits per heavy atom. The first kappa shape index (κ1) is 21.0. The molecular weight excluding hydrogens is 430 g/mol. The molecule has 3 heterocycles. The number of rotatable bonds is 7. The van der Waals surface area contributed by atoms with Crippen LogP contribution < -0.4 is 10.1 Å². The second-order valence-corrected chi connectivity index (χ2v) is 8.87. The van der Waals surface area contributed by atoms with Gasteiger partial charge in [-0.25, -0.2) is 0 Å². The fourth-order valence-electron chi connectivity index (χ4n) is 3.50. The van der Waals surface area contributed by atoms with Gasteiger partial charge in [0.2, 0.25) is 11.8 Å². The average Bonchev–Trinajstić information content (AvgIpc) is 3.29. The van der Waals surface area contributed by atoms with Crippen LogP contribution in [0.4, 0.5) is 0 Å². The number of hydrogen-bond donors (Lipinski definition) is 1. The highest BCUT2D eigenvalue weighted by Gasteiger charge is 2.40. The van der Waals surface area contributed by atoms with Crippen molar-refractivity contribution >= 4 is 27.8 Å². The quantitative estimate of drug-likeness (QED) is 0.471. The van der Waals surface area contributed by atoms with Gasteiger partial charge in [-0.15, -0.1) is 0 Å². The second kappa shape index (κ2) is 8.12. The molecule has 3 amide bonds. The molecule has 0 aliphatic carbocycles. The van der Waals surface area contributed by atoms with Gasteiger partial charge in [0.05, 0.1) is 12.8 Å². The van der Waals surface area contributed by atoms with Crippen molar-refractivity contribution in [2.45, 2.75) is 38.6 Å². The molecule has 11 nitrogen and oxygen atoms in total. The molecular formula is C19H19N3O8S.